The third-order valence-electron chi connectivity index (χ3n) is 4.00. The quantitative estimate of drug-likeness (QED) is 0.464. The van der Waals surface area contributed by atoms with Gasteiger partial charge in [0.1, 0.15) is 4.47 Å². The van der Waals surface area contributed by atoms with Crippen molar-refractivity contribution in [3.63, 3.8) is 0 Å². The zero-order valence-corrected chi connectivity index (χ0v) is 18.6. The highest BCUT2D eigenvalue weighted by Crippen LogP contribution is 2.30. The Balaban J connectivity index is 1.82. The molecule has 0 aliphatic rings. The van der Waals surface area contributed by atoms with Gasteiger partial charge in [-0.2, -0.15) is 23.0 Å². The van der Waals surface area contributed by atoms with E-state index in [4.69, 9.17) is 23.2 Å². The van der Waals surface area contributed by atoms with E-state index in [0.29, 0.717) is 0 Å². The molecule has 3 rings (SSSR count). The third-order valence-corrected chi connectivity index (χ3v) is 5.40. The SMILES string of the molecule is O=C(NC(=O)c1c(Cl)cccc1Cl)Nc1cnn(-c2cccc(C(F)(F)F)c2)c(=O)c1Br. The number of hydrogen-bond acceptors (Lipinski definition) is 4. The molecule has 166 valence electrons. The van der Waals surface area contributed by atoms with Crippen molar-refractivity contribution < 1.29 is 22.8 Å². The van der Waals surface area contributed by atoms with Crippen molar-refractivity contribution in [1.82, 2.24) is 15.1 Å². The van der Waals surface area contributed by atoms with Crippen LogP contribution >= 0.6 is 39.1 Å². The summed E-state index contributed by atoms with van der Waals surface area (Å²) in [6.07, 6.45) is -3.58. The first kappa shape index (κ1) is 23.8. The molecule has 0 spiro atoms. The summed E-state index contributed by atoms with van der Waals surface area (Å²) in [6.45, 7) is 0. The van der Waals surface area contributed by atoms with E-state index in [2.05, 4.69) is 26.3 Å². The summed E-state index contributed by atoms with van der Waals surface area (Å²) in [5.41, 5.74) is -2.19. The molecule has 0 saturated carbocycles. The number of imide groups is 1. The molecule has 3 aromatic rings. The molecule has 0 bridgehead atoms. The molecule has 32 heavy (non-hydrogen) atoms. The normalized spacial score (nSPS) is 11.2. The number of anilines is 1. The standard InChI is InChI=1S/C19H10BrCl2F3N4O3/c20-15-13(27-18(32)28-16(30)14-11(21)5-2-6-12(14)22)8-26-29(17(15)31)10-4-1-3-9(7-10)19(23,24)25/h1-8H,(H2,27,28,30,32). The maximum absolute atomic E-state index is 12.9. The van der Waals surface area contributed by atoms with Crippen LogP contribution in [0.15, 0.2) is 57.9 Å². The number of amides is 3. The van der Waals surface area contributed by atoms with Crippen LogP contribution in [0.4, 0.5) is 23.7 Å². The summed E-state index contributed by atoms with van der Waals surface area (Å²) in [7, 11) is 0. The van der Waals surface area contributed by atoms with Gasteiger partial charge in [-0.3, -0.25) is 14.9 Å². The molecule has 0 atom stereocenters. The summed E-state index contributed by atoms with van der Waals surface area (Å²) in [5, 5.41) is 8.08. The van der Waals surface area contributed by atoms with E-state index in [9.17, 15) is 27.6 Å². The van der Waals surface area contributed by atoms with Gasteiger partial charge in [0.2, 0.25) is 0 Å². The summed E-state index contributed by atoms with van der Waals surface area (Å²) >= 11 is 14.8. The second-order valence-corrected chi connectivity index (χ2v) is 7.75. The van der Waals surface area contributed by atoms with Gasteiger partial charge in [0.15, 0.2) is 0 Å². The maximum Gasteiger partial charge on any atom is 0.416 e. The summed E-state index contributed by atoms with van der Waals surface area (Å²) in [4.78, 5) is 37.0. The second kappa shape index (κ2) is 9.31. The predicted molar refractivity (Wildman–Crippen MR) is 115 cm³/mol. The molecule has 0 saturated heterocycles. The van der Waals surface area contributed by atoms with Gasteiger partial charge in [-0.25, -0.2) is 4.79 Å². The number of benzene rings is 2. The molecular weight excluding hydrogens is 540 g/mol. The fraction of sp³-hybridized carbons (Fsp3) is 0.0526. The fourth-order valence-corrected chi connectivity index (χ4v) is 3.49. The average molecular weight is 550 g/mol. The highest BCUT2D eigenvalue weighted by atomic mass is 79.9. The first-order chi connectivity index (χ1) is 15.0. The van der Waals surface area contributed by atoms with Crippen molar-refractivity contribution in [2.24, 2.45) is 0 Å². The molecule has 1 aromatic heterocycles. The van der Waals surface area contributed by atoms with Crippen LogP contribution in [-0.2, 0) is 6.18 Å². The number of carbonyl (C=O) groups excluding carboxylic acids is 2. The minimum absolute atomic E-state index is 0.0225. The molecule has 0 aliphatic carbocycles. The van der Waals surface area contributed by atoms with Gasteiger partial charge in [-0.05, 0) is 46.3 Å². The van der Waals surface area contributed by atoms with Crippen molar-refractivity contribution >= 4 is 56.8 Å². The molecule has 13 heteroatoms. The van der Waals surface area contributed by atoms with Crippen LogP contribution in [0.1, 0.15) is 15.9 Å². The first-order valence-corrected chi connectivity index (χ1v) is 10.1. The van der Waals surface area contributed by atoms with E-state index in [1.807, 2.05) is 5.32 Å². The minimum atomic E-state index is -4.60. The Morgan fingerprint density at radius 3 is 2.31 bits per heavy atom. The van der Waals surface area contributed by atoms with Crippen molar-refractivity contribution in [3.05, 3.63) is 84.7 Å². The number of aromatic nitrogens is 2. The number of carbonyl (C=O) groups is 2. The number of hydrogen-bond donors (Lipinski definition) is 2. The number of halogens is 6. The van der Waals surface area contributed by atoms with Gasteiger partial charge >= 0.3 is 12.2 Å². The van der Waals surface area contributed by atoms with Crippen molar-refractivity contribution in [2.45, 2.75) is 6.18 Å². The number of rotatable bonds is 3. The van der Waals surface area contributed by atoms with Crippen molar-refractivity contribution in [3.8, 4) is 5.69 Å². The molecular formula is C19H10BrCl2F3N4O3. The Kier molecular flexibility index (Phi) is 6.91. The Bertz CT molecular complexity index is 1260. The summed E-state index contributed by atoms with van der Waals surface area (Å²) < 4.78 is 39.3. The molecule has 0 fully saturated rings. The number of nitrogens with one attached hydrogen (secondary N) is 2. The zero-order chi connectivity index (χ0) is 23.6. The van der Waals surface area contributed by atoms with E-state index in [0.717, 1.165) is 29.1 Å². The zero-order valence-electron chi connectivity index (χ0n) is 15.5. The summed E-state index contributed by atoms with van der Waals surface area (Å²) in [6, 6.07) is 7.32. The number of nitrogens with zero attached hydrogens (tertiary/aromatic N) is 2. The van der Waals surface area contributed by atoms with Gasteiger partial charge in [-0.15, -0.1) is 0 Å². The van der Waals surface area contributed by atoms with Gasteiger partial charge in [0.05, 0.1) is 38.7 Å². The molecule has 0 aliphatic heterocycles. The van der Waals surface area contributed by atoms with Crippen LogP contribution in [0.5, 0.6) is 0 Å². The molecule has 7 nitrogen and oxygen atoms in total. The number of alkyl halides is 3. The lowest BCUT2D eigenvalue weighted by Crippen LogP contribution is -2.35. The number of urea groups is 1. The van der Waals surface area contributed by atoms with E-state index >= 15 is 0 Å². The van der Waals surface area contributed by atoms with E-state index < -0.39 is 29.2 Å². The third kappa shape index (κ3) is 5.12. The smallest absolute Gasteiger partial charge is 0.305 e. The Hall–Kier alpha value is -2.89. The minimum Gasteiger partial charge on any atom is -0.305 e. The van der Waals surface area contributed by atoms with Gasteiger partial charge in [0.25, 0.3) is 11.5 Å². The largest absolute Gasteiger partial charge is 0.416 e. The summed E-state index contributed by atoms with van der Waals surface area (Å²) in [5.74, 6) is -0.889. The van der Waals surface area contributed by atoms with E-state index in [-0.39, 0.29) is 31.5 Å². The van der Waals surface area contributed by atoms with Crippen molar-refractivity contribution in [2.75, 3.05) is 5.32 Å². The maximum atomic E-state index is 12.9. The van der Waals surface area contributed by atoms with Gasteiger partial charge in [0, 0.05) is 0 Å². The Morgan fingerprint density at radius 1 is 1.06 bits per heavy atom. The molecule has 2 N–H and O–H groups in total. The Labute approximate surface area is 196 Å². The van der Waals surface area contributed by atoms with Crippen LogP contribution in [-0.4, -0.2) is 21.7 Å². The van der Waals surface area contributed by atoms with Crippen LogP contribution in [0.25, 0.3) is 5.69 Å². The topological polar surface area (TPSA) is 93.1 Å². The monoisotopic (exact) mass is 548 g/mol. The van der Waals surface area contributed by atoms with E-state index in [1.54, 1.807) is 0 Å². The second-order valence-electron chi connectivity index (χ2n) is 6.14. The lowest BCUT2D eigenvalue weighted by molar-refractivity contribution is -0.137. The Morgan fingerprint density at radius 2 is 1.69 bits per heavy atom. The average Bonchev–Trinajstić information content (AvgIpc) is 2.71. The first-order valence-electron chi connectivity index (χ1n) is 8.51. The van der Waals surface area contributed by atoms with Gasteiger partial charge in [-0.1, -0.05) is 35.3 Å². The highest BCUT2D eigenvalue weighted by molar-refractivity contribution is 9.10. The van der Waals surface area contributed by atoms with Crippen LogP contribution in [0.3, 0.4) is 0 Å². The van der Waals surface area contributed by atoms with Gasteiger partial charge < -0.3 is 5.32 Å². The van der Waals surface area contributed by atoms with Crippen LogP contribution < -0.4 is 16.2 Å². The lowest BCUT2D eigenvalue weighted by Gasteiger charge is -2.12. The fourth-order valence-electron chi connectivity index (χ4n) is 2.55. The predicted octanol–water partition coefficient (Wildman–Crippen LogP) is 5.28. The lowest BCUT2D eigenvalue weighted by atomic mass is 10.2. The molecule has 0 radical (unpaired) electrons. The molecule has 3 amide bonds. The van der Waals surface area contributed by atoms with Crippen LogP contribution in [0.2, 0.25) is 10.0 Å². The molecule has 1 heterocycles. The molecule has 0 unspecified atom stereocenters. The van der Waals surface area contributed by atoms with Crippen molar-refractivity contribution in [1.29, 1.82) is 0 Å². The molecule has 2 aromatic carbocycles. The highest BCUT2D eigenvalue weighted by Gasteiger charge is 2.30. The van der Waals surface area contributed by atoms with Crippen LogP contribution in [0, 0.1) is 0 Å². The van der Waals surface area contributed by atoms with E-state index in [1.165, 1.54) is 24.3 Å².